The smallest absolute Gasteiger partial charge is 0.173 e. The predicted molar refractivity (Wildman–Crippen MR) is 82.9 cm³/mol. The number of piperazine rings is 1. The average molecular weight is 279 g/mol. The Bertz CT molecular complexity index is 430. The zero-order valence-electron chi connectivity index (χ0n) is 11.6. The van der Waals surface area contributed by atoms with E-state index in [1.165, 1.54) is 0 Å². The van der Waals surface area contributed by atoms with Gasteiger partial charge in [-0.3, -0.25) is 0 Å². The summed E-state index contributed by atoms with van der Waals surface area (Å²) in [4.78, 5) is 4.65. The van der Waals surface area contributed by atoms with Gasteiger partial charge >= 0.3 is 0 Å². The quantitative estimate of drug-likeness (QED) is 0.855. The Morgan fingerprint density at radius 1 is 1.26 bits per heavy atom. The number of rotatable bonds is 3. The summed E-state index contributed by atoms with van der Waals surface area (Å²) >= 11 is 5.48. The maximum absolute atomic E-state index is 5.48. The Kier molecular flexibility index (Phi) is 4.99. The van der Waals surface area contributed by atoms with Crippen LogP contribution < -0.4 is 10.1 Å². The maximum atomic E-state index is 5.48. The van der Waals surface area contributed by atoms with E-state index < -0.39 is 0 Å². The number of thiocarbonyl (C=S) groups is 1. The number of nitrogens with zero attached hydrogens (tertiary/aromatic N) is 2. The molecule has 0 unspecified atom stereocenters. The van der Waals surface area contributed by atoms with Crippen LogP contribution in [0, 0.1) is 0 Å². The first-order valence-electron chi connectivity index (χ1n) is 6.66. The number of nitrogens with one attached hydrogen (secondary N) is 1. The normalized spacial score (nSPS) is 16.2. The van der Waals surface area contributed by atoms with Crippen molar-refractivity contribution in [3.63, 3.8) is 0 Å². The van der Waals surface area contributed by atoms with Gasteiger partial charge in [-0.05, 0) is 30.9 Å². The highest BCUT2D eigenvalue weighted by atomic mass is 32.1. The van der Waals surface area contributed by atoms with Crippen molar-refractivity contribution in [2.45, 2.75) is 6.92 Å². The lowest BCUT2D eigenvalue weighted by Gasteiger charge is -2.35. The summed E-state index contributed by atoms with van der Waals surface area (Å²) in [5.41, 5.74) is 0.924. The van der Waals surface area contributed by atoms with Gasteiger partial charge in [-0.1, -0.05) is 19.1 Å². The minimum absolute atomic E-state index is 0.778. The number of methoxy groups -OCH3 is 1. The van der Waals surface area contributed by atoms with Crippen LogP contribution in [0.25, 0.3) is 0 Å². The first-order chi connectivity index (χ1) is 9.24. The molecule has 0 saturated carbocycles. The molecule has 4 nitrogen and oxygen atoms in total. The number of benzene rings is 1. The zero-order chi connectivity index (χ0) is 13.7. The zero-order valence-corrected chi connectivity index (χ0v) is 12.4. The van der Waals surface area contributed by atoms with Gasteiger partial charge in [0, 0.05) is 26.2 Å². The molecule has 0 bridgehead atoms. The molecular weight excluding hydrogens is 258 g/mol. The molecule has 19 heavy (non-hydrogen) atoms. The highest BCUT2D eigenvalue weighted by Gasteiger charge is 2.18. The number of ether oxygens (including phenoxy) is 1. The molecule has 2 rings (SSSR count). The molecule has 1 aliphatic heterocycles. The van der Waals surface area contributed by atoms with Crippen LogP contribution in [0.4, 0.5) is 5.69 Å². The van der Waals surface area contributed by atoms with Crippen molar-refractivity contribution < 1.29 is 4.74 Å². The van der Waals surface area contributed by atoms with Crippen LogP contribution in [0.3, 0.4) is 0 Å². The minimum atomic E-state index is 0.778. The summed E-state index contributed by atoms with van der Waals surface area (Å²) in [6.45, 7) is 7.42. The molecule has 1 aromatic rings. The predicted octanol–water partition coefficient (Wildman–Crippen LogP) is 2.03. The van der Waals surface area contributed by atoms with Crippen LogP contribution >= 0.6 is 12.2 Å². The lowest BCUT2D eigenvalue weighted by atomic mass is 10.3. The van der Waals surface area contributed by atoms with Gasteiger partial charge in [-0.15, -0.1) is 0 Å². The first-order valence-corrected chi connectivity index (χ1v) is 7.06. The number of hydrogen-bond acceptors (Lipinski definition) is 3. The lowest BCUT2D eigenvalue weighted by Crippen LogP contribution is -2.49. The van der Waals surface area contributed by atoms with Gasteiger partial charge in [0.25, 0.3) is 0 Å². The van der Waals surface area contributed by atoms with Gasteiger partial charge in [0.15, 0.2) is 5.11 Å². The third-order valence-electron chi connectivity index (χ3n) is 3.46. The van der Waals surface area contributed by atoms with Crippen molar-refractivity contribution in [2.75, 3.05) is 45.2 Å². The lowest BCUT2D eigenvalue weighted by molar-refractivity contribution is 0.191. The van der Waals surface area contributed by atoms with Crippen LogP contribution in [-0.2, 0) is 0 Å². The monoisotopic (exact) mass is 279 g/mol. The van der Waals surface area contributed by atoms with Gasteiger partial charge < -0.3 is 19.9 Å². The van der Waals surface area contributed by atoms with Gasteiger partial charge in [-0.2, -0.15) is 0 Å². The summed E-state index contributed by atoms with van der Waals surface area (Å²) in [7, 11) is 1.67. The maximum Gasteiger partial charge on any atom is 0.173 e. The van der Waals surface area contributed by atoms with Gasteiger partial charge in [-0.25, -0.2) is 0 Å². The van der Waals surface area contributed by atoms with Crippen molar-refractivity contribution in [2.24, 2.45) is 0 Å². The van der Waals surface area contributed by atoms with E-state index in [1.54, 1.807) is 7.11 Å². The third kappa shape index (κ3) is 3.58. The SMILES string of the molecule is CCN1CCN(C(=S)Nc2ccccc2OC)CC1. The highest BCUT2D eigenvalue weighted by Crippen LogP contribution is 2.23. The van der Waals surface area contributed by atoms with E-state index in [0.29, 0.717) is 0 Å². The Balaban J connectivity index is 1.94. The molecule has 0 atom stereocenters. The molecule has 1 saturated heterocycles. The second-order valence-corrected chi connectivity index (χ2v) is 4.94. The van der Waals surface area contributed by atoms with E-state index in [9.17, 15) is 0 Å². The van der Waals surface area contributed by atoms with Crippen LogP contribution in [0.5, 0.6) is 5.75 Å². The van der Waals surface area contributed by atoms with E-state index in [2.05, 4.69) is 22.0 Å². The average Bonchev–Trinajstić information content (AvgIpc) is 2.48. The molecule has 1 aliphatic rings. The molecule has 0 aromatic heterocycles. The third-order valence-corrected chi connectivity index (χ3v) is 3.82. The molecular formula is C14H21N3OS. The molecule has 104 valence electrons. The van der Waals surface area contributed by atoms with Crippen molar-refractivity contribution in [3.8, 4) is 5.75 Å². The molecule has 1 aromatic carbocycles. The fourth-order valence-corrected chi connectivity index (χ4v) is 2.50. The molecule has 0 aliphatic carbocycles. The number of hydrogen-bond donors (Lipinski definition) is 1. The fourth-order valence-electron chi connectivity index (χ4n) is 2.21. The van der Waals surface area contributed by atoms with E-state index in [0.717, 1.165) is 49.3 Å². The topological polar surface area (TPSA) is 27.7 Å². The van der Waals surface area contributed by atoms with Gasteiger partial charge in [0.05, 0.1) is 12.8 Å². The molecule has 0 amide bonds. The fraction of sp³-hybridized carbons (Fsp3) is 0.500. The molecule has 5 heteroatoms. The van der Waals surface area contributed by atoms with Crippen molar-refractivity contribution in [1.29, 1.82) is 0 Å². The standard InChI is InChI=1S/C14H21N3OS/c1-3-16-8-10-17(11-9-16)14(19)15-12-6-4-5-7-13(12)18-2/h4-7H,3,8-11H2,1-2H3,(H,15,19). The highest BCUT2D eigenvalue weighted by molar-refractivity contribution is 7.80. The van der Waals surface area contributed by atoms with Crippen LogP contribution in [0.15, 0.2) is 24.3 Å². The van der Waals surface area contributed by atoms with E-state index in [-0.39, 0.29) is 0 Å². The Morgan fingerprint density at radius 2 is 1.95 bits per heavy atom. The van der Waals surface area contributed by atoms with E-state index in [4.69, 9.17) is 17.0 Å². The Labute approximate surface area is 120 Å². The summed E-state index contributed by atoms with van der Waals surface area (Å²) in [5, 5.41) is 4.06. The molecule has 1 heterocycles. The molecule has 1 fully saturated rings. The summed E-state index contributed by atoms with van der Waals surface area (Å²) < 4.78 is 5.32. The summed E-state index contributed by atoms with van der Waals surface area (Å²) in [6, 6.07) is 7.84. The van der Waals surface area contributed by atoms with Crippen LogP contribution in [0.1, 0.15) is 6.92 Å². The van der Waals surface area contributed by atoms with E-state index in [1.807, 2.05) is 24.3 Å². The largest absolute Gasteiger partial charge is 0.495 e. The van der Waals surface area contributed by atoms with Crippen molar-refractivity contribution >= 4 is 23.0 Å². The molecule has 1 N–H and O–H groups in total. The Hall–Kier alpha value is -1.33. The Morgan fingerprint density at radius 3 is 2.58 bits per heavy atom. The molecule has 0 spiro atoms. The van der Waals surface area contributed by atoms with Crippen LogP contribution in [-0.4, -0.2) is 54.7 Å². The number of anilines is 1. The van der Waals surface area contributed by atoms with Gasteiger partial charge in [0.2, 0.25) is 0 Å². The van der Waals surface area contributed by atoms with E-state index >= 15 is 0 Å². The number of para-hydroxylation sites is 2. The van der Waals surface area contributed by atoms with Crippen LogP contribution in [0.2, 0.25) is 0 Å². The second kappa shape index (κ2) is 6.73. The summed E-state index contributed by atoms with van der Waals surface area (Å²) in [6.07, 6.45) is 0. The number of likely N-dealkylation sites (N-methyl/N-ethyl adjacent to an activating group) is 1. The minimum Gasteiger partial charge on any atom is -0.495 e. The second-order valence-electron chi connectivity index (χ2n) is 4.55. The van der Waals surface area contributed by atoms with Gasteiger partial charge in [0.1, 0.15) is 5.75 Å². The van der Waals surface area contributed by atoms with Crippen molar-refractivity contribution in [3.05, 3.63) is 24.3 Å². The van der Waals surface area contributed by atoms with Crippen molar-refractivity contribution in [1.82, 2.24) is 9.80 Å². The first kappa shape index (κ1) is 14.1. The molecule has 0 radical (unpaired) electrons. The summed E-state index contributed by atoms with van der Waals surface area (Å²) in [5.74, 6) is 0.817.